The molecule has 0 spiro atoms. The van der Waals surface area contributed by atoms with Crippen molar-refractivity contribution in [2.75, 3.05) is 12.9 Å². The van der Waals surface area contributed by atoms with Crippen molar-refractivity contribution in [2.24, 2.45) is 5.11 Å². The lowest BCUT2D eigenvalue weighted by Crippen LogP contribution is -2.36. The van der Waals surface area contributed by atoms with E-state index >= 15 is 0 Å². The highest BCUT2D eigenvalue weighted by atomic mass is 32.2. The summed E-state index contributed by atoms with van der Waals surface area (Å²) in [5.74, 6) is 0.772. The smallest absolute Gasteiger partial charge is 0.336 e. The summed E-state index contributed by atoms with van der Waals surface area (Å²) in [4.78, 5) is 11.5. The van der Waals surface area contributed by atoms with Crippen LogP contribution in [-0.2, 0) is 15.3 Å². The largest absolute Gasteiger partial charge is 0.467 e. The summed E-state index contributed by atoms with van der Waals surface area (Å²) in [6, 6.07) is 9.97. The number of esters is 1. The Hall–Kier alpha value is -1.36. The Morgan fingerprint density at radius 1 is 1.47 bits per heavy atom. The van der Waals surface area contributed by atoms with Crippen molar-refractivity contribution >= 4 is 17.7 Å². The molecule has 1 aromatic carbocycles. The molecule has 0 bridgehead atoms. The van der Waals surface area contributed by atoms with Crippen molar-refractivity contribution in [1.82, 2.24) is 0 Å². The molecule has 1 rings (SSSR count). The van der Waals surface area contributed by atoms with Crippen molar-refractivity contribution in [3.63, 3.8) is 0 Å². The van der Waals surface area contributed by atoms with Crippen molar-refractivity contribution in [1.29, 1.82) is 5.53 Å². The van der Waals surface area contributed by atoms with Crippen LogP contribution in [0.25, 0.3) is 0 Å². The molecule has 1 aromatic rings. The molecular formula is C12H16N2O2S. The van der Waals surface area contributed by atoms with Crippen LogP contribution in [0.1, 0.15) is 12.5 Å². The molecule has 1 N–H and O–H groups in total. The maximum Gasteiger partial charge on any atom is 0.336 e. The number of benzene rings is 1. The average molecular weight is 252 g/mol. The van der Waals surface area contributed by atoms with Crippen LogP contribution < -0.4 is 0 Å². The summed E-state index contributed by atoms with van der Waals surface area (Å²) >= 11 is 1.57. The molecule has 92 valence electrons. The van der Waals surface area contributed by atoms with Crippen molar-refractivity contribution in [3.8, 4) is 0 Å². The van der Waals surface area contributed by atoms with Crippen LogP contribution in [0.15, 0.2) is 35.4 Å². The zero-order chi connectivity index (χ0) is 12.7. The highest BCUT2D eigenvalue weighted by Crippen LogP contribution is 2.22. The normalized spacial score (nSPS) is 13.8. The molecule has 1 atom stereocenters. The molecule has 0 aliphatic heterocycles. The summed E-state index contributed by atoms with van der Waals surface area (Å²) < 4.78 is 4.64. The van der Waals surface area contributed by atoms with Crippen LogP contribution in [0.2, 0.25) is 0 Å². The van der Waals surface area contributed by atoms with Gasteiger partial charge in [-0.2, -0.15) is 16.9 Å². The molecule has 0 saturated carbocycles. The second-order valence-corrected chi connectivity index (χ2v) is 4.84. The number of hydrogen-bond acceptors (Lipinski definition) is 5. The van der Waals surface area contributed by atoms with Crippen LogP contribution in [0.5, 0.6) is 0 Å². The van der Waals surface area contributed by atoms with E-state index in [0.29, 0.717) is 5.75 Å². The maximum atomic E-state index is 11.5. The summed E-state index contributed by atoms with van der Waals surface area (Å²) in [6.45, 7) is 1.61. The van der Waals surface area contributed by atoms with E-state index < -0.39 is 11.5 Å². The minimum Gasteiger partial charge on any atom is -0.467 e. The summed E-state index contributed by atoms with van der Waals surface area (Å²) in [5, 5.41) is 3.38. The van der Waals surface area contributed by atoms with Gasteiger partial charge in [0, 0.05) is 11.5 Å². The molecule has 0 aromatic heterocycles. The Morgan fingerprint density at radius 3 is 2.65 bits per heavy atom. The summed E-state index contributed by atoms with van der Waals surface area (Å²) in [6.07, 6.45) is 0. The fraction of sp³-hybridized carbons (Fsp3) is 0.417. The molecule has 0 radical (unpaired) electrons. The van der Waals surface area contributed by atoms with E-state index in [1.165, 1.54) is 12.7 Å². The SMILES string of the molecule is COC(=O)C(C)(CSCc1ccccc1)N=N. The first-order chi connectivity index (χ1) is 8.12. The van der Waals surface area contributed by atoms with Gasteiger partial charge in [-0.05, 0) is 12.5 Å². The van der Waals surface area contributed by atoms with Gasteiger partial charge in [0.2, 0.25) is 0 Å². The third-order valence-corrected chi connectivity index (χ3v) is 3.67. The van der Waals surface area contributed by atoms with Crippen molar-refractivity contribution < 1.29 is 9.53 Å². The lowest BCUT2D eigenvalue weighted by atomic mass is 10.1. The van der Waals surface area contributed by atoms with Gasteiger partial charge in [-0.25, -0.2) is 10.3 Å². The first-order valence-electron chi connectivity index (χ1n) is 5.21. The van der Waals surface area contributed by atoms with E-state index in [9.17, 15) is 4.79 Å². The van der Waals surface area contributed by atoms with Crippen LogP contribution in [0.3, 0.4) is 0 Å². The molecule has 17 heavy (non-hydrogen) atoms. The lowest BCUT2D eigenvalue weighted by molar-refractivity contribution is -0.145. The van der Waals surface area contributed by atoms with Gasteiger partial charge < -0.3 is 4.74 Å². The molecule has 0 aliphatic carbocycles. The Morgan fingerprint density at radius 2 is 2.12 bits per heavy atom. The number of thioether (sulfide) groups is 1. The minimum atomic E-state index is -1.08. The monoisotopic (exact) mass is 252 g/mol. The van der Waals surface area contributed by atoms with Gasteiger partial charge in [-0.15, -0.1) is 0 Å². The number of methoxy groups -OCH3 is 1. The highest BCUT2D eigenvalue weighted by molar-refractivity contribution is 7.98. The molecule has 1 unspecified atom stereocenters. The number of rotatable bonds is 6. The molecular weight excluding hydrogens is 236 g/mol. The summed E-state index contributed by atoms with van der Waals surface area (Å²) in [5.41, 5.74) is 7.20. The van der Waals surface area contributed by atoms with Gasteiger partial charge in [0.15, 0.2) is 5.54 Å². The van der Waals surface area contributed by atoms with Crippen LogP contribution >= 0.6 is 11.8 Å². The fourth-order valence-corrected chi connectivity index (χ4v) is 2.41. The fourth-order valence-electron chi connectivity index (χ4n) is 1.30. The Labute approximate surface area is 105 Å². The zero-order valence-electron chi connectivity index (χ0n) is 9.97. The maximum absolute atomic E-state index is 11.5. The lowest BCUT2D eigenvalue weighted by Gasteiger charge is -2.19. The molecule has 0 fully saturated rings. The van der Waals surface area contributed by atoms with Crippen LogP contribution in [0.4, 0.5) is 0 Å². The van der Waals surface area contributed by atoms with Gasteiger partial charge in [0.1, 0.15) is 0 Å². The Kier molecular flexibility index (Phi) is 5.15. The highest BCUT2D eigenvalue weighted by Gasteiger charge is 2.34. The second kappa shape index (κ2) is 6.39. The van der Waals surface area contributed by atoms with E-state index in [0.717, 1.165) is 5.75 Å². The number of carbonyl (C=O) groups is 1. The third-order valence-electron chi connectivity index (χ3n) is 2.37. The predicted molar refractivity (Wildman–Crippen MR) is 68.2 cm³/mol. The van der Waals surface area contributed by atoms with Gasteiger partial charge >= 0.3 is 5.97 Å². The van der Waals surface area contributed by atoms with Crippen LogP contribution in [-0.4, -0.2) is 24.4 Å². The zero-order valence-corrected chi connectivity index (χ0v) is 10.8. The summed E-state index contributed by atoms with van der Waals surface area (Å²) in [7, 11) is 1.31. The average Bonchev–Trinajstić information content (AvgIpc) is 2.38. The van der Waals surface area contributed by atoms with Gasteiger partial charge in [0.25, 0.3) is 0 Å². The minimum absolute atomic E-state index is 0.443. The quantitative estimate of drug-likeness (QED) is 0.625. The van der Waals surface area contributed by atoms with Crippen molar-refractivity contribution in [3.05, 3.63) is 35.9 Å². The topological polar surface area (TPSA) is 62.5 Å². The number of nitrogens with zero attached hydrogens (tertiary/aromatic N) is 1. The van der Waals surface area contributed by atoms with E-state index in [1.54, 1.807) is 18.7 Å². The number of carbonyl (C=O) groups excluding carboxylic acids is 1. The van der Waals surface area contributed by atoms with Gasteiger partial charge in [0.05, 0.1) is 7.11 Å². The van der Waals surface area contributed by atoms with E-state index in [4.69, 9.17) is 5.53 Å². The number of hydrogen-bond donors (Lipinski definition) is 1. The Balaban J connectivity index is 2.49. The van der Waals surface area contributed by atoms with Crippen molar-refractivity contribution in [2.45, 2.75) is 18.2 Å². The number of ether oxygens (including phenoxy) is 1. The number of nitrogens with one attached hydrogen (secondary N) is 1. The standard InChI is InChI=1S/C12H16N2O2S/c1-12(14-13,11(15)16-2)9-17-8-10-6-4-3-5-7-10/h3-7,13H,8-9H2,1-2H3. The van der Waals surface area contributed by atoms with Gasteiger partial charge in [-0.1, -0.05) is 30.3 Å². The third kappa shape index (κ3) is 3.85. The molecule has 0 aliphatic rings. The molecule has 0 amide bonds. The second-order valence-electron chi connectivity index (χ2n) is 3.86. The van der Waals surface area contributed by atoms with Crippen LogP contribution in [0, 0.1) is 5.53 Å². The predicted octanol–water partition coefficient (Wildman–Crippen LogP) is 2.88. The molecule has 0 saturated heterocycles. The first kappa shape index (κ1) is 13.7. The molecule has 5 heteroatoms. The Bertz CT molecular complexity index is 383. The molecule has 4 nitrogen and oxygen atoms in total. The first-order valence-corrected chi connectivity index (χ1v) is 6.36. The van der Waals surface area contributed by atoms with E-state index in [-0.39, 0.29) is 0 Å². The van der Waals surface area contributed by atoms with E-state index in [2.05, 4.69) is 9.85 Å². The molecule has 0 heterocycles. The van der Waals surface area contributed by atoms with Gasteiger partial charge in [-0.3, -0.25) is 0 Å². The van der Waals surface area contributed by atoms with E-state index in [1.807, 2.05) is 30.3 Å².